The SMILES string of the molecule is CNC(C)c1cc(Cl)ccc1OCCc1ccsc1. The minimum atomic E-state index is 0.217. The first-order chi connectivity index (χ1) is 9.20. The highest BCUT2D eigenvalue weighted by atomic mass is 35.5. The molecule has 0 aliphatic heterocycles. The molecule has 1 atom stereocenters. The van der Waals surface area contributed by atoms with Crippen molar-refractivity contribution < 1.29 is 4.74 Å². The van der Waals surface area contributed by atoms with Crippen molar-refractivity contribution in [3.8, 4) is 5.75 Å². The average molecular weight is 296 g/mol. The van der Waals surface area contributed by atoms with Crippen LogP contribution in [0, 0.1) is 0 Å². The first-order valence-electron chi connectivity index (χ1n) is 6.31. The molecule has 2 rings (SSSR count). The second-order valence-electron chi connectivity index (χ2n) is 4.42. The Balaban J connectivity index is 2.02. The summed E-state index contributed by atoms with van der Waals surface area (Å²) >= 11 is 7.77. The standard InChI is InChI=1S/C15H18ClNOS/c1-11(17-2)14-9-13(16)3-4-15(14)18-7-5-12-6-8-19-10-12/h3-4,6,8-11,17H,5,7H2,1-2H3. The molecule has 2 aromatic rings. The molecule has 1 aromatic heterocycles. The maximum atomic E-state index is 6.05. The van der Waals surface area contributed by atoms with Crippen molar-refractivity contribution in [2.24, 2.45) is 0 Å². The molecule has 1 aromatic carbocycles. The summed E-state index contributed by atoms with van der Waals surface area (Å²) in [7, 11) is 1.93. The molecule has 0 saturated carbocycles. The second kappa shape index (κ2) is 6.94. The number of benzene rings is 1. The molecule has 0 radical (unpaired) electrons. The van der Waals surface area contributed by atoms with Crippen molar-refractivity contribution in [1.82, 2.24) is 5.32 Å². The predicted octanol–water partition coefficient (Wildman–Crippen LogP) is 4.30. The maximum absolute atomic E-state index is 6.05. The molecule has 0 bridgehead atoms. The molecule has 1 heterocycles. The van der Waals surface area contributed by atoms with E-state index in [1.54, 1.807) is 11.3 Å². The molecule has 4 heteroatoms. The lowest BCUT2D eigenvalue weighted by Gasteiger charge is -2.16. The molecule has 102 valence electrons. The van der Waals surface area contributed by atoms with Crippen molar-refractivity contribution >= 4 is 22.9 Å². The van der Waals surface area contributed by atoms with Gasteiger partial charge in [0.05, 0.1) is 6.61 Å². The fraction of sp³-hybridized carbons (Fsp3) is 0.333. The van der Waals surface area contributed by atoms with Crippen LogP contribution >= 0.6 is 22.9 Å². The summed E-state index contributed by atoms with van der Waals surface area (Å²) in [5.74, 6) is 0.904. The van der Waals surface area contributed by atoms with Gasteiger partial charge in [0.1, 0.15) is 5.75 Å². The molecule has 0 fully saturated rings. The number of ether oxygens (including phenoxy) is 1. The van der Waals surface area contributed by atoms with E-state index in [9.17, 15) is 0 Å². The normalized spacial score (nSPS) is 12.4. The fourth-order valence-electron chi connectivity index (χ4n) is 1.86. The van der Waals surface area contributed by atoms with Gasteiger partial charge in [0.15, 0.2) is 0 Å². The van der Waals surface area contributed by atoms with Crippen LogP contribution in [0.4, 0.5) is 0 Å². The zero-order chi connectivity index (χ0) is 13.7. The Morgan fingerprint density at radius 1 is 1.37 bits per heavy atom. The van der Waals surface area contributed by atoms with Crippen molar-refractivity contribution in [2.45, 2.75) is 19.4 Å². The highest BCUT2D eigenvalue weighted by Gasteiger charge is 2.10. The zero-order valence-corrected chi connectivity index (χ0v) is 12.7. The number of halogens is 1. The summed E-state index contributed by atoms with van der Waals surface area (Å²) < 4.78 is 5.89. The summed E-state index contributed by atoms with van der Waals surface area (Å²) in [4.78, 5) is 0. The monoisotopic (exact) mass is 295 g/mol. The van der Waals surface area contributed by atoms with Crippen LogP contribution in [0.3, 0.4) is 0 Å². The summed E-state index contributed by atoms with van der Waals surface area (Å²) in [5, 5.41) is 8.20. The van der Waals surface area contributed by atoms with Crippen LogP contribution in [-0.4, -0.2) is 13.7 Å². The van der Waals surface area contributed by atoms with Gasteiger partial charge < -0.3 is 10.1 Å². The van der Waals surface area contributed by atoms with E-state index >= 15 is 0 Å². The third kappa shape index (κ3) is 3.96. The van der Waals surface area contributed by atoms with Crippen molar-refractivity contribution in [1.29, 1.82) is 0 Å². The van der Waals surface area contributed by atoms with Crippen LogP contribution < -0.4 is 10.1 Å². The quantitative estimate of drug-likeness (QED) is 0.858. The van der Waals surface area contributed by atoms with E-state index in [2.05, 4.69) is 29.1 Å². The van der Waals surface area contributed by atoms with Gasteiger partial charge in [0.25, 0.3) is 0 Å². The first kappa shape index (κ1) is 14.4. The lowest BCUT2D eigenvalue weighted by atomic mass is 10.1. The number of hydrogen-bond donors (Lipinski definition) is 1. The maximum Gasteiger partial charge on any atom is 0.124 e. The number of nitrogens with one attached hydrogen (secondary N) is 1. The molecule has 0 saturated heterocycles. The third-order valence-corrected chi connectivity index (χ3v) is 4.07. The van der Waals surface area contributed by atoms with E-state index < -0.39 is 0 Å². The minimum Gasteiger partial charge on any atom is -0.493 e. The van der Waals surface area contributed by atoms with Crippen molar-refractivity contribution in [3.05, 3.63) is 51.2 Å². The Kier molecular flexibility index (Phi) is 5.25. The van der Waals surface area contributed by atoms with E-state index in [4.69, 9.17) is 16.3 Å². The summed E-state index contributed by atoms with van der Waals surface area (Å²) in [6, 6.07) is 8.12. The van der Waals surface area contributed by atoms with E-state index in [1.165, 1.54) is 5.56 Å². The fourth-order valence-corrected chi connectivity index (χ4v) is 2.74. The zero-order valence-electron chi connectivity index (χ0n) is 11.2. The van der Waals surface area contributed by atoms with Gasteiger partial charge in [-0.1, -0.05) is 11.6 Å². The van der Waals surface area contributed by atoms with E-state index in [1.807, 2.05) is 25.2 Å². The molecular weight excluding hydrogens is 278 g/mol. The highest BCUT2D eigenvalue weighted by Crippen LogP contribution is 2.28. The highest BCUT2D eigenvalue weighted by molar-refractivity contribution is 7.07. The minimum absolute atomic E-state index is 0.217. The van der Waals surface area contributed by atoms with Gasteiger partial charge in [-0.05, 0) is 54.6 Å². The molecule has 0 aliphatic rings. The number of thiophene rings is 1. The van der Waals surface area contributed by atoms with Crippen LogP contribution in [0.2, 0.25) is 5.02 Å². The predicted molar refractivity (Wildman–Crippen MR) is 82.4 cm³/mol. The van der Waals surface area contributed by atoms with Gasteiger partial charge >= 0.3 is 0 Å². The lowest BCUT2D eigenvalue weighted by molar-refractivity contribution is 0.316. The van der Waals surface area contributed by atoms with Crippen LogP contribution in [0.5, 0.6) is 5.75 Å². The van der Waals surface area contributed by atoms with Gasteiger partial charge in [0, 0.05) is 23.0 Å². The Morgan fingerprint density at radius 2 is 2.21 bits per heavy atom. The van der Waals surface area contributed by atoms with Gasteiger partial charge in [-0.3, -0.25) is 0 Å². The molecule has 0 aliphatic carbocycles. The molecule has 2 nitrogen and oxygen atoms in total. The Labute approximate surface area is 123 Å². The number of hydrogen-bond acceptors (Lipinski definition) is 3. The molecule has 0 amide bonds. The van der Waals surface area contributed by atoms with Gasteiger partial charge in [-0.25, -0.2) is 0 Å². The Hall–Kier alpha value is -1.03. The molecule has 0 spiro atoms. The van der Waals surface area contributed by atoms with Crippen LogP contribution in [0.1, 0.15) is 24.1 Å². The van der Waals surface area contributed by atoms with Crippen molar-refractivity contribution in [2.75, 3.05) is 13.7 Å². The van der Waals surface area contributed by atoms with E-state index in [0.29, 0.717) is 6.61 Å². The summed E-state index contributed by atoms with van der Waals surface area (Å²) in [5.41, 5.74) is 2.42. The average Bonchev–Trinajstić information content (AvgIpc) is 2.92. The Bertz CT molecular complexity index is 513. The molecule has 1 unspecified atom stereocenters. The molecule has 1 N–H and O–H groups in total. The topological polar surface area (TPSA) is 21.3 Å². The number of rotatable bonds is 6. The molecular formula is C15H18ClNOS. The smallest absolute Gasteiger partial charge is 0.124 e. The van der Waals surface area contributed by atoms with E-state index in [0.717, 1.165) is 22.8 Å². The Morgan fingerprint density at radius 3 is 2.89 bits per heavy atom. The molecule has 19 heavy (non-hydrogen) atoms. The van der Waals surface area contributed by atoms with Gasteiger partial charge in [-0.2, -0.15) is 11.3 Å². The van der Waals surface area contributed by atoms with Crippen LogP contribution in [0.25, 0.3) is 0 Å². The largest absolute Gasteiger partial charge is 0.493 e. The van der Waals surface area contributed by atoms with E-state index in [-0.39, 0.29) is 6.04 Å². The van der Waals surface area contributed by atoms with Crippen LogP contribution in [-0.2, 0) is 6.42 Å². The second-order valence-corrected chi connectivity index (χ2v) is 5.64. The lowest BCUT2D eigenvalue weighted by Crippen LogP contribution is -2.14. The van der Waals surface area contributed by atoms with Gasteiger partial charge in [0.2, 0.25) is 0 Å². The third-order valence-electron chi connectivity index (χ3n) is 3.10. The van der Waals surface area contributed by atoms with Gasteiger partial charge in [-0.15, -0.1) is 0 Å². The summed E-state index contributed by atoms with van der Waals surface area (Å²) in [6.07, 6.45) is 0.930. The van der Waals surface area contributed by atoms with Crippen molar-refractivity contribution in [3.63, 3.8) is 0 Å². The summed E-state index contributed by atoms with van der Waals surface area (Å²) in [6.45, 7) is 2.78. The van der Waals surface area contributed by atoms with Crippen LogP contribution in [0.15, 0.2) is 35.0 Å². The first-order valence-corrected chi connectivity index (χ1v) is 7.63.